The zero-order valence-electron chi connectivity index (χ0n) is 9.84. The summed E-state index contributed by atoms with van der Waals surface area (Å²) in [6, 6.07) is 0. The fourth-order valence-corrected chi connectivity index (χ4v) is 2.80. The molecule has 3 heteroatoms. The molecule has 1 atom stereocenters. The van der Waals surface area contributed by atoms with E-state index in [-0.39, 0.29) is 5.54 Å². The summed E-state index contributed by atoms with van der Waals surface area (Å²) < 4.78 is 0. The Morgan fingerprint density at radius 2 is 2.20 bits per heavy atom. The molecule has 1 heterocycles. The van der Waals surface area contributed by atoms with Gasteiger partial charge in [-0.1, -0.05) is 0 Å². The van der Waals surface area contributed by atoms with Crippen LogP contribution in [0.3, 0.4) is 0 Å². The second-order valence-electron chi connectivity index (χ2n) is 5.44. The predicted octanol–water partition coefficient (Wildman–Crippen LogP) is 0.833. The van der Waals surface area contributed by atoms with Gasteiger partial charge in [0.1, 0.15) is 0 Å². The van der Waals surface area contributed by atoms with Gasteiger partial charge in [-0.3, -0.25) is 0 Å². The molecule has 1 aliphatic carbocycles. The van der Waals surface area contributed by atoms with Gasteiger partial charge in [0.15, 0.2) is 0 Å². The van der Waals surface area contributed by atoms with Crippen molar-refractivity contribution in [3.8, 4) is 0 Å². The van der Waals surface area contributed by atoms with Crippen LogP contribution in [0.15, 0.2) is 0 Å². The van der Waals surface area contributed by atoms with E-state index in [0.717, 1.165) is 25.3 Å². The minimum absolute atomic E-state index is 0.0933. The standard InChI is InChI=1S/C12H24N2O/c1-14-7-2-4-11(9-14)8-13-12(10-15)5-3-6-12/h11,13,15H,2-10H2,1H3. The van der Waals surface area contributed by atoms with Crippen molar-refractivity contribution in [3.63, 3.8) is 0 Å². The highest BCUT2D eigenvalue weighted by molar-refractivity contribution is 4.96. The lowest BCUT2D eigenvalue weighted by Gasteiger charge is -2.43. The summed E-state index contributed by atoms with van der Waals surface area (Å²) >= 11 is 0. The fourth-order valence-electron chi connectivity index (χ4n) is 2.80. The van der Waals surface area contributed by atoms with Crippen LogP contribution in [0.2, 0.25) is 0 Å². The number of aliphatic hydroxyl groups excluding tert-OH is 1. The molecule has 3 nitrogen and oxygen atoms in total. The number of piperidine rings is 1. The minimum Gasteiger partial charge on any atom is -0.394 e. The van der Waals surface area contributed by atoms with E-state index in [0.29, 0.717) is 6.61 Å². The van der Waals surface area contributed by atoms with Crippen LogP contribution in [0.5, 0.6) is 0 Å². The van der Waals surface area contributed by atoms with Crippen molar-refractivity contribution in [2.24, 2.45) is 5.92 Å². The Balaban J connectivity index is 1.72. The Morgan fingerprint density at radius 3 is 2.73 bits per heavy atom. The van der Waals surface area contributed by atoms with Crippen LogP contribution < -0.4 is 5.32 Å². The first kappa shape index (κ1) is 11.4. The van der Waals surface area contributed by atoms with Crippen LogP contribution >= 0.6 is 0 Å². The normalized spacial score (nSPS) is 31.2. The topological polar surface area (TPSA) is 35.5 Å². The minimum atomic E-state index is 0.0933. The largest absolute Gasteiger partial charge is 0.394 e. The number of nitrogens with one attached hydrogen (secondary N) is 1. The molecular weight excluding hydrogens is 188 g/mol. The Labute approximate surface area is 92.8 Å². The van der Waals surface area contributed by atoms with Crippen molar-refractivity contribution in [1.82, 2.24) is 10.2 Å². The first-order valence-corrected chi connectivity index (χ1v) is 6.28. The SMILES string of the molecule is CN1CCCC(CNC2(CO)CCC2)C1. The molecule has 1 saturated heterocycles. The number of hydrogen-bond acceptors (Lipinski definition) is 3. The monoisotopic (exact) mass is 212 g/mol. The summed E-state index contributed by atoms with van der Waals surface area (Å²) in [5, 5.41) is 12.9. The van der Waals surface area contributed by atoms with Gasteiger partial charge < -0.3 is 15.3 Å². The zero-order chi connectivity index (χ0) is 10.7. The average Bonchev–Trinajstić information content (AvgIpc) is 2.17. The van der Waals surface area contributed by atoms with E-state index >= 15 is 0 Å². The molecule has 0 bridgehead atoms. The van der Waals surface area contributed by atoms with Gasteiger partial charge in [0.2, 0.25) is 0 Å². The first-order valence-electron chi connectivity index (χ1n) is 6.28. The smallest absolute Gasteiger partial charge is 0.0613 e. The summed E-state index contributed by atoms with van der Waals surface area (Å²) in [7, 11) is 2.21. The third-order valence-corrected chi connectivity index (χ3v) is 4.10. The summed E-state index contributed by atoms with van der Waals surface area (Å²) in [5.41, 5.74) is 0.0933. The Hall–Kier alpha value is -0.120. The molecule has 2 fully saturated rings. The fraction of sp³-hybridized carbons (Fsp3) is 1.00. The molecule has 0 amide bonds. The van der Waals surface area contributed by atoms with Gasteiger partial charge >= 0.3 is 0 Å². The summed E-state index contributed by atoms with van der Waals surface area (Å²) in [5.74, 6) is 0.785. The third-order valence-electron chi connectivity index (χ3n) is 4.10. The highest BCUT2D eigenvalue weighted by Gasteiger charge is 2.36. The van der Waals surface area contributed by atoms with Crippen LogP contribution in [0.25, 0.3) is 0 Å². The van der Waals surface area contributed by atoms with E-state index < -0.39 is 0 Å². The van der Waals surface area contributed by atoms with Crippen LogP contribution in [0.4, 0.5) is 0 Å². The second-order valence-corrected chi connectivity index (χ2v) is 5.44. The molecule has 1 unspecified atom stereocenters. The zero-order valence-corrected chi connectivity index (χ0v) is 9.84. The van der Waals surface area contributed by atoms with Crippen LogP contribution in [-0.4, -0.2) is 48.8 Å². The van der Waals surface area contributed by atoms with Gasteiger partial charge in [-0.15, -0.1) is 0 Å². The molecule has 88 valence electrons. The number of hydrogen-bond donors (Lipinski definition) is 2. The van der Waals surface area contributed by atoms with Crippen molar-refractivity contribution in [1.29, 1.82) is 0 Å². The molecule has 1 aliphatic heterocycles. The summed E-state index contributed by atoms with van der Waals surface area (Å²) in [4.78, 5) is 2.42. The molecule has 0 spiro atoms. The maximum Gasteiger partial charge on any atom is 0.0613 e. The van der Waals surface area contributed by atoms with E-state index in [1.165, 1.54) is 32.4 Å². The maximum absolute atomic E-state index is 9.35. The third kappa shape index (κ3) is 2.71. The van der Waals surface area contributed by atoms with Crippen molar-refractivity contribution in [2.45, 2.75) is 37.6 Å². The highest BCUT2D eigenvalue weighted by atomic mass is 16.3. The second kappa shape index (κ2) is 4.81. The number of aliphatic hydroxyl groups is 1. The van der Waals surface area contributed by atoms with Crippen LogP contribution in [0, 0.1) is 5.92 Å². The summed E-state index contributed by atoms with van der Waals surface area (Å²) in [6.07, 6.45) is 6.27. The number of likely N-dealkylation sites (tertiary alicyclic amines) is 1. The lowest BCUT2D eigenvalue weighted by Crippen LogP contribution is -2.56. The summed E-state index contributed by atoms with van der Waals surface area (Å²) in [6.45, 7) is 3.87. The average molecular weight is 212 g/mol. The molecule has 2 N–H and O–H groups in total. The Kier molecular flexibility index (Phi) is 3.65. The quantitative estimate of drug-likeness (QED) is 0.724. The molecule has 2 aliphatic rings. The predicted molar refractivity (Wildman–Crippen MR) is 61.9 cm³/mol. The van der Waals surface area contributed by atoms with E-state index in [2.05, 4.69) is 17.3 Å². The molecule has 2 rings (SSSR count). The molecule has 0 aromatic carbocycles. The van der Waals surface area contributed by atoms with Gasteiger partial charge in [-0.25, -0.2) is 0 Å². The molecule has 0 aromatic rings. The van der Waals surface area contributed by atoms with Gasteiger partial charge in [0, 0.05) is 12.1 Å². The van der Waals surface area contributed by atoms with Crippen LogP contribution in [0.1, 0.15) is 32.1 Å². The van der Waals surface area contributed by atoms with E-state index in [1.807, 2.05) is 0 Å². The van der Waals surface area contributed by atoms with E-state index in [9.17, 15) is 5.11 Å². The van der Waals surface area contributed by atoms with Gasteiger partial charge in [0.25, 0.3) is 0 Å². The number of nitrogens with zero attached hydrogens (tertiary/aromatic N) is 1. The van der Waals surface area contributed by atoms with Crippen LogP contribution in [-0.2, 0) is 0 Å². The van der Waals surface area contributed by atoms with E-state index in [4.69, 9.17) is 0 Å². The van der Waals surface area contributed by atoms with E-state index in [1.54, 1.807) is 0 Å². The van der Waals surface area contributed by atoms with Crippen molar-refractivity contribution >= 4 is 0 Å². The lowest BCUT2D eigenvalue weighted by molar-refractivity contribution is 0.0782. The van der Waals surface area contributed by atoms with Gasteiger partial charge in [-0.05, 0) is 58.2 Å². The van der Waals surface area contributed by atoms with Crippen molar-refractivity contribution in [2.75, 3.05) is 33.3 Å². The molecule has 1 saturated carbocycles. The Morgan fingerprint density at radius 1 is 1.40 bits per heavy atom. The van der Waals surface area contributed by atoms with Gasteiger partial charge in [0.05, 0.1) is 6.61 Å². The number of rotatable bonds is 4. The molecular formula is C12H24N2O. The molecule has 15 heavy (non-hydrogen) atoms. The van der Waals surface area contributed by atoms with Crippen molar-refractivity contribution < 1.29 is 5.11 Å². The van der Waals surface area contributed by atoms with Crippen molar-refractivity contribution in [3.05, 3.63) is 0 Å². The Bertz CT molecular complexity index is 198. The lowest BCUT2D eigenvalue weighted by atomic mass is 9.77. The highest BCUT2D eigenvalue weighted by Crippen LogP contribution is 2.31. The molecule has 0 radical (unpaired) electrons. The first-order chi connectivity index (χ1) is 7.24. The molecule has 0 aromatic heterocycles. The van der Waals surface area contributed by atoms with Gasteiger partial charge in [-0.2, -0.15) is 0 Å². The maximum atomic E-state index is 9.35.